The Kier molecular flexibility index (Phi) is 5.89. The molecule has 2 aromatic carbocycles. The summed E-state index contributed by atoms with van der Waals surface area (Å²) in [6.45, 7) is 2.29. The SMILES string of the molecule is COc1cccc(OC)c1C1CC(C)C(=O)N1Cc1ccc(F)c(-c2ccccn2)c1. The number of nitrogens with zero attached hydrogens (tertiary/aromatic N) is 2. The number of carbonyl (C=O) groups is 1. The topological polar surface area (TPSA) is 51.7 Å². The smallest absolute Gasteiger partial charge is 0.226 e. The predicted molar refractivity (Wildman–Crippen MR) is 116 cm³/mol. The number of hydrogen-bond donors (Lipinski definition) is 0. The lowest BCUT2D eigenvalue weighted by Gasteiger charge is -2.28. The second kappa shape index (κ2) is 8.76. The summed E-state index contributed by atoms with van der Waals surface area (Å²) in [6.07, 6.45) is 2.29. The highest BCUT2D eigenvalue weighted by molar-refractivity contribution is 5.82. The van der Waals surface area contributed by atoms with E-state index in [9.17, 15) is 9.18 Å². The average molecular weight is 420 g/mol. The van der Waals surface area contributed by atoms with E-state index in [1.807, 2.05) is 36.1 Å². The van der Waals surface area contributed by atoms with Gasteiger partial charge in [0.1, 0.15) is 17.3 Å². The van der Waals surface area contributed by atoms with Gasteiger partial charge >= 0.3 is 0 Å². The predicted octanol–water partition coefficient (Wildman–Crippen LogP) is 5.01. The molecule has 0 bridgehead atoms. The first-order valence-corrected chi connectivity index (χ1v) is 10.2. The van der Waals surface area contributed by atoms with Crippen molar-refractivity contribution in [1.29, 1.82) is 0 Å². The highest BCUT2D eigenvalue weighted by Gasteiger charge is 2.40. The van der Waals surface area contributed by atoms with E-state index < -0.39 is 0 Å². The molecule has 0 N–H and O–H groups in total. The van der Waals surface area contributed by atoms with E-state index in [1.54, 1.807) is 44.7 Å². The highest BCUT2D eigenvalue weighted by Crippen LogP contribution is 2.45. The van der Waals surface area contributed by atoms with Gasteiger partial charge < -0.3 is 14.4 Å². The van der Waals surface area contributed by atoms with E-state index in [4.69, 9.17) is 9.47 Å². The maximum atomic E-state index is 14.5. The Morgan fingerprint density at radius 2 is 1.81 bits per heavy atom. The molecule has 3 aromatic rings. The molecule has 1 saturated heterocycles. The van der Waals surface area contributed by atoms with Crippen LogP contribution in [0.4, 0.5) is 4.39 Å². The molecule has 5 nitrogen and oxygen atoms in total. The number of halogens is 1. The Morgan fingerprint density at radius 3 is 2.45 bits per heavy atom. The van der Waals surface area contributed by atoms with Gasteiger partial charge in [0.2, 0.25) is 5.91 Å². The molecule has 4 rings (SSSR count). The minimum absolute atomic E-state index is 0.0571. The third-order valence-electron chi connectivity index (χ3n) is 5.78. The van der Waals surface area contributed by atoms with Crippen LogP contribution in [-0.4, -0.2) is 30.0 Å². The second-order valence-corrected chi connectivity index (χ2v) is 7.72. The summed E-state index contributed by atoms with van der Waals surface area (Å²) >= 11 is 0. The highest BCUT2D eigenvalue weighted by atomic mass is 19.1. The molecule has 6 heteroatoms. The molecule has 0 spiro atoms. The summed E-state index contributed by atoms with van der Waals surface area (Å²) < 4.78 is 25.7. The number of aromatic nitrogens is 1. The molecule has 2 heterocycles. The number of amides is 1. The van der Waals surface area contributed by atoms with Crippen LogP contribution in [0.1, 0.15) is 30.5 Å². The largest absolute Gasteiger partial charge is 0.496 e. The van der Waals surface area contributed by atoms with Crippen LogP contribution >= 0.6 is 0 Å². The standard InChI is InChI=1S/C25H25FN2O3/c1-16-13-21(24-22(30-2)8-6-9-23(24)31-3)28(25(16)29)15-17-10-11-19(26)18(14-17)20-7-4-5-12-27-20/h4-12,14,16,21H,13,15H2,1-3H3. The Balaban J connectivity index is 1.72. The van der Waals surface area contributed by atoms with Crippen LogP contribution in [-0.2, 0) is 11.3 Å². The van der Waals surface area contributed by atoms with E-state index >= 15 is 0 Å². The van der Waals surface area contributed by atoms with Gasteiger partial charge in [0.25, 0.3) is 0 Å². The molecular formula is C25H25FN2O3. The molecule has 0 saturated carbocycles. The van der Waals surface area contributed by atoms with Crippen molar-refractivity contribution in [1.82, 2.24) is 9.88 Å². The van der Waals surface area contributed by atoms with E-state index in [0.29, 0.717) is 35.7 Å². The number of carbonyl (C=O) groups excluding carboxylic acids is 1. The van der Waals surface area contributed by atoms with Crippen molar-refractivity contribution < 1.29 is 18.7 Å². The number of likely N-dealkylation sites (tertiary alicyclic amines) is 1. The summed E-state index contributed by atoms with van der Waals surface area (Å²) in [5, 5.41) is 0. The Labute approximate surface area is 181 Å². The van der Waals surface area contributed by atoms with Crippen molar-refractivity contribution in [3.63, 3.8) is 0 Å². The van der Waals surface area contributed by atoms with E-state index in [-0.39, 0.29) is 23.7 Å². The first-order valence-electron chi connectivity index (χ1n) is 10.2. The van der Waals surface area contributed by atoms with Crippen LogP contribution in [0.5, 0.6) is 11.5 Å². The number of rotatable bonds is 6. The molecule has 2 unspecified atom stereocenters. The summed E-state index contributed by atoms with van der Waals surface area (Å²) in [7, 11) is 3.23. The van der Waals surface area contributed by atoms with Crippen molar-refractivity contribution in [2.24, 2.45) is 5.92 Å². The van der Waals surface area contributed by atoms with E-state index in [0.717, 1.165) is 11.1 Å². The van der Waals surface area contributed by atoms with Gasteiger partial charge in [0.15, 0.2) is 0 Å². The summed E-state index contributed by atoms with van der Waals surface area (Å²) in [5.74, 6) is 0.956. The van der Waals surface area contributed by atoms with Crippen LogP contribution in [0.25, 0.3) is 11.3 Å². The van der Waals surface area contributed by atoms with Crippen LogP contribution < -0.4 is 9.47 Å². The fourth-order valence-corrected chi connectivity index (χ4v) is 4.26. The number of ether oxygens (including phenoxy) is 2. The fraction of sp³-hybridized carbons (Fsp3) is 0.280. The van der Waals surface area contributed by atoms with Gasteiger partial charge in [-0.1, -0.05) is 25.1 Å². The van der Waals surface area contributed by atoms with E-state index in [2.05, 4.69) is 4.98 Å². The van der Waals surface area contributed by atoms with Gasteiger partial charge in [0, 0.05) is 24.2 Å². The normalized spacial score (nSPS) is 18.3. The van der Waals surface area contributed by atoms with Crippen LogP contribution in [0.15, 0.2) is 60.8 Å². The molecule has 0 radical (unpaired) electrons. The van der Waals surface area contributed by atoms with Crippen molar-refractivity contribution in [2.45, 2.75) is 25.9 Å². The van der Waals surface area contributed by atoms with E-state index in [1.165, 1.54) is 6.07 Å². The Hall–Kier alpha value is -3.41. The zero-order valence-corrected chi connectivity index (χ0v) is 17.8. The molecule has 1 aromatic heterocycles. The molecule has 1 aliphatic rings. The van der Waals surface area contributed by atoms with Crippen molar-refractivity contribution in [2.75, 3.05) is 14.2 Å². The lowest BCUT2D eigenvalue weighted by Crippen LogP contribution is -2.29. The zero-order valence-electron chi connectivity index (χ0n) is 17.8. The van der Waals surface area contributed by atoms with Crippen LogP contribution in [0, 0.1) is 11.7 Å². The fourth-order valence-electron chi connectivity index (χ4n) is 4.26. The molecule has 2 atom stereocenters. The summed E-state index contributed by atoms with van der Waals surface area (Å²) in [4.78, 5) is 19.2. The molecule has 1 fully saturated rings. The van der Waals surface area contributed by atoms with Gasteiger partial charge in [-0.2, -0.15) is 0 Å². The molecule has 31 heavy (non-hydrogen) atoms. The van der Waals surface area contributed by atoms with Gasteiger partial charge in [-0.25, -0.2) is 4.39 Å². The van der Waals surface area contributed by atoms with Crippen molar-refractivity contribution in [3.05, 3.63) is 77.7 Å². The first-order chi connectivity index (χ1) is 15.0. The van der Waals surface area contributed by atoms with Gasteiger partial charge in [-0.15, -0.1) is 0 Å². The Bertz CT molecular complexity index is 1070. The number of methoxy groups -OCH3 is 2. The maximum absolute atomic E-state index is 14.5. The lowest BCUT2D eigenvalue weighted by molar-refractivity contribution is -0.132. The Morgan fingerprint density at radius 1 is 1.06 bits per heavy atom. The molecular weight excluding hydrogens is 395 g/mol. The van der Waals surface area contributed by atoms with Gasteiger partial charge in [-0.3, -0.25) is 9.78 Å². The third-order valence-corrected chi connectivity index (χ3v) is 5.78. The molecule has 160 valence electrons. The van der Waals surface area contributed by atoms with Gasteiger partial charge in [-0.05, 0) is 48.4 Å². The lowest BCUT2D eigenvalue weighted by atomic mass is 9.98. The first kappa shape index (κ1) is 20.8. The molecule has 1 aliphatic heterocycles. The monoisotopic (exact) mass is 420 g/mol. The zero-order chi connectivity index (χ0) is 22.0. The maximum Gasteiger partial charge on any atom is 0.226 e. The minimum Gasteiger partial charge on any atom is -0.496 e. The summed E-state index contributed by atoms with van der Waals surface area (Å²) in [6, 6.07) is 15.7. The summed E-state index contributed by atoms with van der Waals surface area (Å²) in [5.41, 5.74) is 2.68. The van der Waals surface area contributed by atoms with Crippen molar-refractivity contribution >= 4 is 5.91 Å². The number of benzene rings is 2. The van der Waals surface area contributed by atoms with Crippen molar-refractivity contribution in [3.8, 4) is 22.8 Å². The average Bonchev–Trinajstić information content (AvgIpc) is 3.08. The van der Waals surface area contributed by atoms with Crippen LogP contribution in [0.3, 0.4) is 0 Å². The minimum atomic E-state index is -0.341. The number of hydrogen-bond acceptors (Lipinski definition) is 4. The third kappa shape index (κ3) is 3.98. The second-order valence-electron chi connectivity index (χ2n) is 7.72. The quantitative estimate of drug-likeness (QED) is 0.562. The number of pyridine rings is 1. The molecule has 0 aliphatic carbocycles. The van der Waals surface area contributed by atoms with Gasteiger partial charge in [0.05, 0.1) is 31.5 Å². The van der Waals surface area contributed by atoms with Crippen LogP contribution in [0.2, 0.25) is 0 Å². The molecule has 1 amide bonds.